The summed E-state index contributed by atoms with van der Waals surface area (Å²) in [6.07, 6.45) is 5.68. The van der Waals surface area contributed by atoms with Gasteiger partial charge in [0.05, 0.1) is 31.0 Å². The normalized spacial score (nSPS) is 47.6. The van der Waals surface area contributed by atoms with E-state index in [0.29, 0.717) is 0 Å². The van der Waals surface area contributed by atoms with Crippen LogP contribution in [0.2, 0.25) is 0 Å². The van der Waals surface area contributed by atoms with Gasteiger partial charge in [-0.2, -0.15) is 0 Å². The zero-order valence-electron chi connectivity index (χ0n) is 12.4. The number of hydrogen-bond acceptors (Lipinski definition) is 6. The maximum absolute atomic E-state index is 13.2. The predicted molar refractivity (Wildman–Crippen MR) is 73.8 cm³/mol. The second-order valence-corrected chi connectivity index (χ2v) is 6.56. The number of carbonyl (C=O) groups excluding carboxylic acids is 3. The van der Waals surface area contributed by atoms with E-state index in [2.05, 4.69) is 0 Å². The first kappa shape index (κ1) is 13.4. The molecule has 0 aliphatic carbocycles. The summed E-state index contributed by atoms with van der Waals surface area (Å²) in [6.45, 7) is 1.37. The number of fused-ring (bicyclic) bond motifs is 4. The van der Waals surface area contributed by atoms with Gasteiger partial charge in [-0.1, -0.05) is 24.3 Å². The lowest BCUT2D eigenvalue weighted by Gasteiger charge is -2.37. The van der Waals surface area contributed by atoms with E-state index in [1.807, 2.05) is 24.3 Å². The van der Waals surface area contributed by atoms with Crippen LogP contribution in [0.3, 0.4) is 0 Å². The standard InChI is InChI=1S/C16H15NO6/c1-8(18)21-7-6-17-13(19)15-9-2-3-10(22-9)16(15,14(17)20)12-5-4-11(15)23-12/h2-5,9-12H,6-7H2,1H3/t9-,10+,11+,12-,15?,16?. The topological polar surface area (TPSA) is 82.1 Å². The van der Waals surface area contributed by atoms with Crippen LogP contribution in [0.1, 0.15) is 6.92 Å². The van der Waals surface area contributed by atoms with Crippen LogP contribution in [0.25, 0.3) is 0 Å². The number of nitrogens with zero attached hydrogens (tertiary/aromatic N) is 1. The van der Waals surface area contributed by atoms with Crippen molar-refractivity contribution in [3.8, 4) is 0 Å². The van der Waals surface area contributed by atoms with E-state index in [1.165, 1.54) is 11.8 Å². The molecule has 7 nitrogen and oxygen atoms in total. The zero-order chi connectivity index (χ0) is 16.0. The number of ether oxygens (including phenoxy) is 3. The Morgan fingerprint density at radius 2 is 1.48 bits per heavy atom. The Hall–Kier alpha value is -1.99. The van der Waals surface area contributed by atoms with E-state index < -0.39 is 41.2 Å². The molecule has 0 aromatic rings. The first-order valence-electron chi connectivity index (χ1n) is 7.72. The summed E-state index contributed by atoms with van der Waals surface area (Å²) in [5.74, 6) is -0.984. The van der Waals surface area contributed by atoms with Gasteiger partial charge in [-0.3, -0.25) is 19.3 Å². The van der Waals surface area contributed by atoms with Gasteiger partial charge in [0.15, 0.2) is 0 Å². The molecule has 7 heteroatoms. The molecule has 0 spiro atoms. The van der Waals surface area contributed by atoms with Crippen LogP contribution < -0.4 is 0 Å². The smallest absolute Gasteiger partial charge is 0.302 e. The summed E-state index contributed by atoms with van der Waals surface area (Å²) in [4.78, 5) is 38.5. The summed E-state index contributed by atoms with van der Waals surface area (Å²) >= 11 is 0. The van der Waals surface area contributed by atoms with Gasteiger partial charge in [-0.05, 0) is 0 Å². The number of amides is 2. The molecule has 3 saturated heterocycles. The summed E-state index contributed by atoms with van der Waals surface area (Å²) in [7, 11) is 0. The minimum atomic E-state index is -1.00. The molecule has 4 bridgehead atoms. The molecule has 5 aliphatic heterocycles. The van der Waals surface area contributed by atoms with Crippen molar-refractivity contribution >= 4 is 17.8 Å². The Labute approximate surface area is 131 Å². The zero-order valence-corrected chi connectivity index (χ0v) is 12.4. The average molecular weight is 317 g/mol. The highest BCUT2D eigenvalue weighted by molar-refractivity contribution is 6.13. The van der Waals surface area contributed by atoms with Gasteiger partial charge in [0.2, 0.25) is 11.8 Å². The van der Waals surface area contributed by atoms with Crippen LogP contribution in [-0.2, 0) is 28.6 Å². The fourth-order valence-electron chi connectivity index (χ4n) is 5.07. The van der Waals surface area contributed by atoms with Crippen molar-refractivity contribution in [1.29, 1.82) is 0 Å². The molecule has 3 fully saturated rings. The van der Waals surface area contributed by atoms with Crippen molar-refractivity contribution in [1.82, 2.24) is 4.90 Å². The van der Waals surface area contributed by atoms with Gasteiger partial charge < -0.3 is 14.2 Å². The maximum atomic E-state index is 13.2. The Bertz CT molecular complexity index is 635. The van der Waals surface area contributed by atoms with Crippen molar-refractivity contribution in [3.63, 3.8) is 0 Å². The van der Waals surface area contributed by atoms with E-state index in [-0.39, 0.29) is 25.0 Å². The highest BCUT2D eigenvalue weighted by Crippen LogP contribution is 2.72. The Balaban J connectivity index is 1.58. The number of hydrogen-bond donors (Lipinski definition) is 0. The Kier molecular flexibility index (Phi) is 2.29. The van der Waals surface area contributed by atoms with E-state index in [4.69, 9.17) is 14.2 Å². The van der Waals surface area contributed by atoms with E-state index in [0.717, 1.165) is 0 Å². The van der Waals surface area contributed by atoms with E-state index in [1.54, 1.807) is 0 Å². The number of carbonyl (C=O) groups is 3. The second-order valence-electron chi connectivity index (χ2n) is 6.56. The van der Waals surface area contributed by atoms with Crippen molar-refractivity contribution in [2.75, 3.05) is 13.2 Å². The minimum absolute atomic E-state index is 0.00616. The van der Waals surface area contributed by atoms with Crippen LogP contribution >= 0.6 is 0 Å². The summed E-state index contributed by atoms with van der Waals surface area (Å²) in [6, 6.07) is 0. The molecule has 2 amide bonds. The molecule has 0 radical (unpaired) electrons. The molecule has 5 aliphatic rings. The Morgan fingerprint density at radius 1 is 1.04 bits per heavy atom. The number of likely N-dealkylation sites (tertiary alicyclic amines) is 1. The molecule has 5 rings (SSSR count). The van der Waals surface area contributed by atoms with Crippen LogP contribution in [0.5, 0.6) is 0 Å². The largest absolute Gasteiger partial charge is 0.464 e. The molecule has 0 N–H and O–H groups in total. The Morgan fingerprint density at radius 3 is 1.87 bits per heavy atom. The second kappa shape index (κ2) is 3.91. The number of rotatable bonds is 3. The molecule has 0 saturated carbocycles. The highest BCUT2D eigenvalue weighted by atomic mass is 16.6. The third-order valence-corrected chi connectivity index (χ3v) is 5.81. The molecule has 6 atom stereocenters. The maximum Gasteiger partial charge on any atom is 0.302 e. The quantitative estimate of drug-likeness (QED) is 0.399. The number of imide groups is 1. The molecular formula is C16H15NO6. The van der Waals surface area contributed by atoms with E-state index in [9.17, 15) is 14.4 Å². The van der Waals surface area contributed by atoms with Crippen molar-refractivity contribution in [2.45, 2.75) is 31.3 Å². The average Bonchev–Trinajstić information content (AvgIpc) is 3.28. The fourth-order valence-corrected chi connectivity index (χ4v) is 5.07. The summed E-state index contributed by atoms with van der Waals surface area (Å²) in [5, 5.41) is 0. The molecule has 2 unspecified atom stereocenters. The van der Waals surface area contributed by atoms with Gasteiger partial charge in [0.1, 0.15) is 17.4 Å². The molecule has 120 valence electrons. The van der Waals surface area contributed by atoms with Crippen LogP contribution in [-0.4, -0.2) is 60.3 Å². The lowest BCUT2D eigenvalue weighted by Crippen LogP contribution is -2.56. The molecular weight excluding hydrogens is 302 g/mol. The molecule has 5 heterocycles. The van der Waals surface area contributed by atoms with Crippen molar-refractivity contribution in [2.24, 2.45) is 10.8 Å². The molecule has 0 aromatic heterocycles. The van der Waals surface area contributed by atoms with Crippen LogP contribution in [0.15, 0.2) is 24.3 Å². The van der Waals surface area contributed by atoms with Gasteiger partial charge in [-0.25, -0.2) is 0 Å². The van der Waals surface area contributed by atoms with Crippen molar-refractivity contribution < 1.29 is 28.6 Å². The van der Waals surface area contributed by atoms with Gasteiger partial charge in [0, 0.05) is 6.92 Å². The monoisotopic (exact) mass is 317 g/mol. The molecule has 23 heavy (non-hydrogen) atoms. The lowest BCUT2D eigenvalue weighted by atomic mass is 9.54. The van der Waals surface area contributed by atoms with Gasteiger partial charge in [0.25, 0.3) is 0 Å². The van der Waals surface area contributed by atoms with Crippen LogP contribution in [0.4, 0.5) is 0 Å². The van der Waals surface area contributed by atoms with E-state index >= 15 is 0 Å². The van der Waals surface area contributed by atoms with Gasteiger partial charge in [-0.15, -0.1) is 0 Å². The lowest BCUT2D eigenvalue weighted by molar-refractivity contribution is -0.154. The van der Waals surface area contributed by atoms with Crippen molar-refractivity contribution in [3.05, 3.63) is 24.3 Å². The summed E-state index contributed by atoms with van der Waals surface area (Å²) in [5.41, 5.74) is -2.00. The highest BCUT2D eigenvalue weighted by Gasteiger charge is 2.88. The minimum Gasteiger partial charge on any atom is -0.464 e. The first-order valence-corrected chi connectivity index (χ1v) is 7.72. The third-order valence-electron chi connectivity index (χ3n) is 5.81. The summed E-state index contributed by atoms with van der Waals surface area (Å²) < 4.78 is 16.7. The number of esters is 1. The third kappa shape index (κ3) is 1.15. The fraction of sp³-hybridized carbons (Fsp3) is 0.562. The van der Waals surface area contributed by atoms with Crippen LogP contribution in [0, 0.1) is 10.8 Å². The van der Waals surface area contributed by atoms with Gasteiger partial charge >= 0.3 is 5.97 Å². The first-order chi connectivity index (χ1) is 11.0. The molecule has 0 aromatic carbocycles. The SMILES string of the molecule is CC(=O)OCCN1C(=O)C23[C@@H]4C=C[C@@H](O4)C2(C1=O)[C@@H]1C=C[C@H]3O1. The predicted octanol–water partition coefficient (Wildman–Crippen LogP) is -0.434.